The van der Waals surface area contributed by atoms with E-state index < -0.39 is 44.8 Å². The summed E-state index contributed by atoms with van der Waals surface area (Å²) in [5, 5.41) is 23.8. The third kappa shape index (κ3) is 9.08. The van der Waals surface area contributed by atoms with Gasteiger partial charge < -0.3 is 25.0 Å². The molecule has 3 aromatic carbocycles. The van der Waals surface area contributed by atoms with Crippen molar-refractivity contribution in [1.29, 1.82) is 5.26 Å². The van der Waals surface area contributed by atoms with Crippen LogP contribution in [-0.2, 0) is 32.2 Å². The standard InChI is InChI=1S/C36H38F3N5O7S/c1-52(49,50)44-18-16-42(17-19-44)32(45)24-51-30-9-5-6-25(20-30)22-35(48,28-12-14-43(15-13-28)33(46)26-7-3-2-4-8-26)34(47)41-29-11-10-27(23-40)31(21-29)36(37,38)39/h2-11,20-21,28,48H,12-19,22,24H2,1H3,(H,41,47). The van der Waals surface area contributed by atoms with Crippen molar-refractivity contribution in [2.75, 3.05) is 57.4 Å². The Balaban J connectivity index is 1.33. The molecule has 0 radical (unpaired) electrons. The highest BCUT2D eigenvalue weighted by Gasteiger charge is 2.46. The second-order valence-corrected chi connectivity index (χ2v) is 14.8. The summed E-state index contributed by atoms with van der Waals surface area (Å²) in [6, 6.07) is 19.3. The molecule has 2 N–H and O–H groups in total. The summed E-state index contributed by atoms with van der Waals surface area (Å²) in [5.74, 6) is -1.99. The normalized spacial score (nSPS) is 17.2. The van der Waals surface area contributed by atoms with Crippen LogP contribution in [0.4, 0.5) is 18.9 Å². The van der Waals surface area contributed by atoms with Gasteiger partial charge in [-0.3, -0.25) is 14.4 Å². The Hall–Kier alpha value is -4.98. The summed E-state index contributed by atoms with van der Waals surface area (Å²) in [4.78, 5) is 43.0. The third-order valence-corrected chi connectivity index (χ3v) is 10.7. The number of anilines is 1. The van der Waals surface area contributed by atoms with Crippen LogP contribution >= 0.6 is 0 Å². The second kappa shape index (κ2) is 15.7. The number of likely N-dealkylation sites (tertiary alicyclic amines) is 1. The number of hydrogen-bond donors (Lipinski definition) is 2. The van der Waals surface area contributed by atoms with E-state index in [0.29, 0.717) is 17.2 Å². The van der Waals surface area contributed by atoms with Gasteiger partial charge in [0.2, 0.25) is 10.0 Å². The first-order valence-electron chi connectivity index (χ1n) is 16.5. The number of carbonyl (C=O) groups is 3. The lowest BCUT2D eigenvalue weighted by Gasteiger charge is -2.40. The van der Waals surface area contributed by atoms with Gasteiger partial charge in [0, 0.05) is 62.9 Å². The molecule has 1 unspecified atom stereocenters. The molecule has 2 aliphatic heterocycles. The number of piperazine rings is 1. The number of rotatable bonds is 10. The Kier molecular flexibility index (Phi) is 11.6. The van der Waals surface area contributed by atoms with Gasteiger partial charge in [-0.1, -0.05) is 30.3 Å². The average molecular weight is 742 g/mol. The molecule has 0 aliphatic carbocycles. The van der Waals surface area contributed by atoms with Gasteiger partial charge in [0.25, 0.3) is 17.7 Å². The van der Waals surface area contributed by atoms with Gasteiger partial charge in [-0.15, -0.1) is 0 Å². The average Bonchev–Trinajstić information content (AvgIpc) is 3.13. The molecule has 0 saturated carbocycles. The zero-order valence-electron chi connectivity index (χ0n) is 28.3. The van der Waals surface area contributed by atoms with Crippen molar-refractivity contribution in [1.82, 2.24) is 14.1 Å². The molecule has 16 heteroatoms. The van der Waals surface area contributed by atoms with Crippen LogP contribution in [0.15, 0.2) is 72.8 Å². The van der Waals surface area contributed by atoms with Crippen molar-refractivity contribution in [3.05, 3.63) is 95.1 Å². The third-order valence-electron chi connectivity index (χ3n) is 9.37. The fourth-order valence-corrected chi connectivity index (χ4v) is 7.32. The van der Waals surface area contributed by atoms with Crippen molar-refractivity contribution < 1.29 is 45.8 Å². The smallest absolute Gasteiger partial charge is 0.417 e. The Labute approximate surface area is 299 Å². The Morgan fingerprint density at radius 3 is 2.21 bits per heavy atom. The molecule has 1 atom stereocenters. The van der Waals surface area contributed by atoms with E-state index in [9.17, 15) is 46.3 Å². The van der Waals surface area contributed by atoms with Crippen LogP contribution in [0.3, 0.4) is 0 Å². The van der Waals surface area contributed by atoms with E-state index in [1.54, 1.807) is 59.5 Å². The number of halogens is 3. The summed E-state index contributed by atoms with van der Waals surface area (Å²) in [5.41, 5.74) is -3.37. The Morgan fingerprint density at radius 1 is 0.923 bits per heavy atom. The minimum absolute atomic E-state index is 0.167. The van der Waals surface area contributed by atoms with Crippen molar-refractivity contribution in [3.8, 4) is 11.8 Å². The zero-order chi connectivity index (χ0) is 37.7. The molecule has 0 bridgehead atoms. The molecule has 2 aliphatic rings. The van der Waals surface area contributed by atoms with Crippen LogP contribution in [0.25, 0.3) is 0 Å². The van der Waals surface area contributed by atoms with Crippen LogP contribution < -0.4 is 10.1 Å². The lowest BCUT2D eigenvalue weighted by Crippen LogP contribution is -2.54. The lowest BCUT2D eigenvalue weighted by molar-refractivity contribution is -0.142. The fourth-order valence-electron chi connectivity index (χ4n) is 6.49. The number of nitrogens with one attached hydrogen (secondary N) is 1. The number of carbonyl (C=O) groups excluding carboxylic acids is 3. The molecular weight excluding hydrogens is 703 g/mol. The first-order valence-corrected chi connectivity index (χ1v) is 18.4. The van der Waals surface area contributed by atoms with Gasteiger partial charge in [-0.05, 0) is 60.9 Å². The number of amides is 3. The summed E-state index contributed by atoms with van der Waals surface area (Å²) >= 11 is 0. The van der Waals surface area contributed by atoms with Crippen LogP contribution in [0.1, 0.15) is 39.9 Å². The predicted octanol–water partition coefficient (Wildman–Crippen LogP) is 3.52. The van der Waals surface area contributed by atoms with Gasteiger partial charge in [0.1, 0.15) is 11.4 Å². The van der Waals surface area contributed by atoms with E-state index in [1.807, 2.05) is 0 Å². The van der Waals surface area contributed by atoms with Gasteiger partial charge in [-0.2, -0.15) is 22.7 Å². The summed E-state index contributed by atoms with van der Waals surface area (Å²) in [6.07, 6.45) is -3.62. The zero-order valence-corrected chi connectivity index (χ0v) is 29.1. The number of ether oxygens (including phenoxy) is 1. The summed E-state index contributed by atoms with van der Waals surface area (Å²) in [6.45, 7) is 0.828. The molecule has 2 heterocycles. The Bertz CT molecular complexity index is 1940. The molecule has 2 saturated heterocycles. The number of hydrogen-bond acceptors (Lipinski definition) is 8. The van der Waals surface area contributed by atoms with E-state index in [1.165, 1.54) is 15.3 Å². The number of sulfonamides is 1. The number of aliphatic hydroxyl groups is 1. The molecule has 12 nitrogen and oxygen atoms in total. The molecule has 3 aromatic rings. The van der Waals surface area contributed by atoms with Crippen molar-refractivity contribution in [2.24, 2.45) is 5.92 Å². The van der Waals surface area contributed by atoms with E-state index >= 15 is 0 Å². The largest absolute Gasteiger partial charge is 0.484 e. The van der Waals surface area contributed by atoms with Gasteiger partial charge in [-0.25, -0.2) is 8.42 Å². The van der Waals surface area contributed by atoms with Crippen LogP contribution in [0.5, 0.6) is 5.75 Å². The molecule has 0 aromatic heterocycles. The number of nitrogens with zero attached hydrogens (tertiary/aromatic N) is 4. The van der Waals surface area contributed by atoms with Gasteiger partial charge >= 0.3 is 6.18 Å². The fraction of sp³-hybridized carbons (Fsp3) is 0.389. The number of nitriles is 1. The summed E-state index contributed by atoms with van der Waals surface area (Å²) < 4.78 is 71.7. The Morgan fingerprint density at radius 2 is 1.60 bits per heavy atom. The van der Waals surface area contributed by atoms with Crippen LogP contribution in [0, 0.1) is 17.2 Å². The van der Waals surface area contributed by atoms with E-state index in [2.05, 4.69) is 5.32 Å². The first kappa shape index (κ1) is 38.3. The maximum absolute atomic E-state index is 13.9. The number of benzene rings is 3. The van der Waals surface area contributed by atoms with E-state index in [-0.39, 0.29) is 88.4 Å². The van der Waals surface area contributed by atoms with Crippen molar-refractivity contribution >= 4 is 33.4 Å². The highest BCUT2D eigenvalue weighted by Crippen LogP contribution is 2.36. The quantitative estimate of drug-likeness (QED) is 0.319. The maximum atomic E-state index is 13.9. The lowest BCUT2D eigenvalue weighted by atomic mass is 9.76. The van der Waals surface area contributed by atoms with Gasteiger partial charge in [0.05, 0.1) is 23.5 Å². The molecule has 2 fully saturated rings. The molecule has 52 heavy (non-hydrogen) atoms. The molecular formula is C36H38F3N5O7S. The number of piperidine rings is 1. The maximum Gasteiger partial charge on any atom is 0.417 e. The highest BCUT2D eigenvalue weighted by molar-refractivity contribution is 7.88. The molecule has 3 amide bonds. The van der Waals surface area contributed by atoms with E-state index in [0.717, 1.165) is 18.4 Å². The predicted molar refractivity (Wildman–Crippen MR) is 183 cm³/mol. The SMILES string of the molecule is CS(=O)(=O)N1CCN(C(=O)COc2cccc(CC(O)(C(=O)Nc3ccc(C#N)c(C(F)(F)F)c3)C3CCN(C(=O)c4ccccc4)CC3)c2)CC1. The van der Waals surface area contributed by atoms with Gasteiger partial charge in [0.15, 0.2) is 6.61 Å². The van der Waals surface area contributed by atoms with Crippen LogP contribution in [0.2, 0.25) is 0 Å². The first-order chi connectivity index (χ1) is 24.6. The summed E-state index contributed by atoms with van der Waals surface area (Å²) in [7, 11) is -3.37. The minimum Gasteiger partial charge on any atom is -0.484 e. The van der Waals surface area contributed by atoms with E-state index in [4.69, 9.17) is 4.74 Å². The molecule has 276 valence electrons. The monoisotopic (exact) mass is 741 g/mol. The second-order valence-electron chi connectivity index (χ2n) is 12.8. The number of alkyl halides is 3. The highest BCUT2D eigenvalue weighted by atomic mass is 32.2. The van der Waals surface area contributed by atoms with Crippen molar-refractivity contribution in [3.63, 3.8) is 0 Å². The van der Waals surface area contributed by atoms with Crippen LogP contribution in [-0.4, -0.2) is 103 Å². The topological polar surface area (TPSA) is 160 Å². The van der Waals surface area contributed by atoms with Crippen molar-refractivity contribution in [2.45, 2.75) is 31.0 Å². The molecule has 0 spiro atoms. The minimum atomic E-state index is -4.87. The molecule has 5 rings (SSSR count).